The van der Waals surface area contributed by atoms with Gasteiger partial charge in [-0.2, -0.15) is 0 Å². The first-order valence-electron chi connectivity index (χ1n) is 11.7. The Morgan fingerprint density at radius 3 is 2.49 bits per heavy atom. The number of amides is 1. The minimum atomic E-state index is -0.981. The summed E-state index contributed by atoms with van der Waals surface area (Å²) in [6.45, 7) is 5.61. The maximum atomic E-state index is 13.4. The molecule has 9 heteroatoms. The predicted octanol–water partition coefficient (Wildman–Crippen LogP) is 5.33. The van der Waals surface area contributed by atoms with Crippen molar-refractivity contribution in [1.29, 1.82) is 0 Å². The number of halogens is 1. The normalized spacial score (nSPS) is 16.8. The number of benzene rings is 2. The standard InChI is InChI=1S/C28H25ClN2O6/c1-4-36-22-15-18(8-9-21(22)29)25(32)23-24(17-10-12-30-13-11-17)31(27(34)26(23)33)20-7-5-6-19(14-20)28(35)37-16(2)3/h5-16,24,32H,4H2,1-3H3/b25-23+. The van der Waals surface area contributed by atoms with E-state index in [4.69, 9.17) is 21.1 Å². The number of carbonyl (C=O) groups is 3. The molecular formula is C28H25ClN2O6. The fraction of sp³-hybridized carbons (Fsp3) is 0.214. The molecule has 0 bridgehead atoms. The number of ether oxygens (including phenoxy) is 2. The van der Waals surface area contributed by atoms with Crippen molar-refractivity contribution in [3.63, 3.8) is 0 Å². The molecule has 2 aromatic carbocycles. The number of rotatable bonds is 7. The van der Waals surface area contributed by atoms with Crippen LogP contribution in [0.5, 0.6) is 5.75 Å². The number of hydrogen-bond acceptors (Lipinski definition) is 7. The van der Waals surface area contributed by atoms with E-state index < -0.39 is 23.7 Å². The van der Waals surface area contributed by atoms with Gasteiger partial charge in [-0.1, -0.05) is 17.7 Å². The maximum Gasteiger partial charge on any atom is 0.338 e. The lowest BCUT2D eigenvalue weighted by atomic mass is 9.95. The van der Waals surface area contributed by atoms with E-state index in [0.717, 1.165) is 0 Å². The van der Waals surface area contributed by atoms with Crippen molar-refractivity contribution in [2.45, 2.75) is 32.9 Å². The van der Waals surface area contributed by atoms with Crippen molar-refractivity contribution in [3.8, 4) is 5.75 Å². The van der Waals surface area contributed by atoms with Gasteiger partial charge in [-0.15, -0.1) is 0 Å². The first-order valence-corrected chi connectivity index (χ1v) is 12.0. The number of anilines is 1. The number of aliphatic hydroxyl groups is 1. The van der Waals surface area contributed by atoms with E-state index in [1.807, 2.05) is 0 Å². The van der Waals surface area contributed by atoms with Crippen molar-refractivity contribution < 1.29 is 29.0 Å². The highest BCUT2D eigenvalue weighted by Gasteiger charge is 2.47. The van der Waals surface area contributed by atoms with Gasteiger partial charge in [0.1, 0.15) is 11.5 Å². The Balaban J connectivity index is 1.88. The molecule has 1 N–H and O–H groups in total. The molecule has 8 nitrogen and oxygen atoms in total. The van der Waals surface area contributed by atoms with Crippen molar-refractivity contribution in [1.82, 2.24) is 4.98 Å². The second kappa shape index (κ2) is 10.8. The topological polar surface area (TPSA) is 106 Å². The molecule has 0 radical (unpaired) electrons. The monoisotopic (exact) mass is 520 g/mol. The first-order chi connectivity index (χ1) is 17.7. The molecule has 0 aliphatic carbocycles. The number of aromatic nitrogens is 1. The number of carbonyl (C=O) groups excluding carboxylic acids is 3. The summed E-state index contributed by atoms with van der Waals surface area (Å²) in [4.78, 5) is 44.5. The summed E-state index contributed by atoms with van der Waals surface area (Å²) in [7, 11) is 0. The van der Waals surface area contributed by atoms with E-state index in [1.54, 1.807) is 63.2 Å². The lowest BCUT2D eigenvalue weighted by Gasteiger charge is -2.25. The predicted molar refractivity (Wildman–Crippen MR) is 139 cm³/mol. The van der Waals surface area contributed by atoms with Gasteiger partial charge < -0.3 is 14.6 Å². The van der Waals surface area contributed by atoms with E-state index in [1.165, 1.54) is 29.4 Å². The van der Waals surface area contributed by atoms with Crippen LogP contribution in [0.25, 0.3) is 5.76 Å². The van der Waals surface area contributed by atoms with Crippen LogP contribution >= 0.6 is 11.6 Å². The maximum absolute atomic E-state index is 13.4. The minimum Gasteiger partial charge on any atom is -0.507 e. The number of ketones is 1. The first kappa shape index (κ1) is 25.9. The number of hydrogen-bond donors (Lipinski definition) is 1. The van der Waals surface area contributed by atoms with Crippen LogP contribution in [0.4, 0.5) is 5.69 Å². The SMILES string of the molecule is CCOc1cc(/C(O)=C2\C(=O)C(=O)N(c3cccc(C(=O)OC(C)C)c3)C2c2ccncc2)ccc1Cl. The fourth-order valence-corrected chi connectivity index (χ4v) is 4.27. The Bertz CT molecular complexity index is 1390. The smallest absolute Gasteiger partial charge is 0.338 e. The summed E-state index contributed by atoms with van der Waals surface area (Å²) >= 11 is 6.19. The lowest BCUT2D eigenvalue weighted by Crippen LogP contribution is -2.29. The molecule has 1 saturated heterocycles. The van der Waals surface area contributed by atoms with Crippen LogP contribution in [0.15, 0.2) is 72.6 Å². The lowest BCUT2D eigenvalue weighted by molar-refractivity contribution is -0.132. The number of esters is 1. The van der Waals surface area contributed by atoms with Crippen LogP contribution < -0.4 is 9.64 Å². The van der Waals surface area contributed by atoms with E-state index in [9.17, 15) is 19.5 Å². The van der Waals surface area contributed by atoms with Gasteiger partial charge in [-0.3, -0.25) is 19.5 Å². The van der Waals surface area contributed by atoms with Gasteiger partial charge in [-0.05, 0) is 74.9 Å². The average molecular weight is 521 g/mol. The highest BCUT2D eigenvalue weighted by atomic mass is 35.5. The largest absolute Gasteiger partial charge is 0.507 e. The molecule has 3 aromatic rings. The Morgan fingerprint density at radius 1 is 1.08 bits per heavy atom. The van der Waals surface area contributed by atoms with Crippen molar-refractivity contribution >= 4 is 40.7 Å². The van der Waals surface area contributed by atoms with Gasteiger partial charge in [0.2, 0.25) is 0 Å². The molecule has 1 amide bonds. The van der Waals surface area contributed by atoms with Crippen LogP contribution in [-0.4, -0.2) is 40.5 Å². The minimum absolute atomic E-state index is 0.115. The Hall–Kier alpha value is -4.17. The number of aliphatic hydroxyl groups excluding tert-OH is 1. The summed E-state index contributed by atoms with van der Waals surface area (Å²) in [5.74, 6) is -2.33. The van der Waals surface area contributed by atoms with Gasteiger partial charge in [0.25, 0.3) is 11.7 Å². The van der Waals surface area contributed by atoms with E-state index in [-0.39, 0.29) is 28.6 Å². The van der Waals surface area contributed by atoms with Gasteiger partial charge in [0.15, 0.2) is 0 Å². The molecule has 1 aliphatic rings. The van der Waals surface area contributed by atoms with Crippen molar-refractivity contribution in [2.75, 3.05) is 11.5 Å². The quantitative estimate of drug-likeness (QED) is 0.194. The second-order valence-electron chi connectivity index (χ2n) is 8.53. The molecule has 1 fully saturated rings. The third-order valence-corrected chi connectivity index (χ3v) is 5.99. The summed E-state index contributed by atoms with van der Waals surface area (Å²) in [6.07, 6.45) is 2.73. The zero-order valence-electron chi connectivity index (χ0n) is 20.5. The van der Waals surface area contributed by atoms with Gasteiger partial charge in [-0.25, -0.2) is 4.79 Å². The van der Waals surface area contributed by atoms with Crippen LogP contribution in [0.1, 0.15) is 48.3 Å². The molecule has 1 atom stereocenters. The molecule has 0 spiro atoms. The Labute approximate surface area is 219 Å². The molecule has 1 unspecified atom stereocenters. The number of Topliss-reactive ketones (excluding diaryl/α,β-unsaturated/α-hetero) is 1. The highest BCUT2D eigenvalue weighted by Crippen LogP contribution is 2.42. The Kier molecular flexibility index (Phi) is 7.59. The van der Waals surface area contributed by atoms with Crippen LogP contribution in [0, 0.1) is 0 Å². The van der Waals surface area contributed by atoms with Crippen molar-refractivity contribution in [2.24, 2.45) is 0 Å². The van der Waals surface area contributed by atoms with Gasteiger partial charge in [0, 0.05) is 23.6 Å². The van der Waals surface area contributed by atoms with Gasteiger partial charge >= 0.3 is 5.97 Å². The van der Waals surface area contributed by atoms with E-state index in [0.29, 0.717) is 28.6 Å². The molecule has 2 heterocycles. The molecule has 1 aromatic heterocycles. The zero-order valence-corrected chi connectivity index (χ0v) is 21.2. The van der Waals surface area contributed by atoms with Gasteiger partial charge in [0.05, 0.1) is 34.9 Å². The second-order valence-corrected chi connectivity index (χ2v) is 8.94. The Morgan fingerprint density at radius 2 is 1.81 bits per heavy atom. The van der Waals surface area contributed by atoms with Crippen LogP contribution in [-0.2, 0) is 14.3 Å². The summed E-state index contributed by atoms with van der Waals surface area (Å²) < 4.78 is 10.8. The molecule has 1 aliphatic heterocycles. The summed E-state index contributed by atoms with van der Waals surface area (Å²) in [6, 6.07) is 13.2. The summed E-state index contributed by atoms with van der Waals surface area (Å²) in [5.41, 5.74) is 1.22. The van der Waals surface area contributed by atoms with Crippen molar-refractivity contribution in [3.05, 3.63) is 94.3 Å². The molecule has 37 heavy (non-hydrogen) atoms. The molecular weight excluding hydrogens is 496 g/mol. The van der Waals surface area contributed by atoms with Crippen LogP contribution in [0.3, 0.4) is 0 Å². The average Bonchev–Trinajstić information content (AvgIpc) is 3.15. The van der Waals surface area contributed by atoms with Crippen LogP contribution in [0.2, 0.25) is 5.02 Å². The molecule has 0 saturated carbocycles. The zero-order chi connectivity index (χ0) is 26.7. The van der Waals surface area contributed by atoms with E-state index in [2.05, 4.69) is 4.98 Å². The highest BCUT2D eigenvalue weighted by molar-refractivity contribution is 6.51. The molecule has 4 rings (SSSR count). The third-order valence-electron chi connectivity index (χ3n) is 5.67. The summed E-state index contributed by atoms with van der Waals surface area (Å²) in [5, 5.41) is 11.7. The van der Waals surface area contributed by atoms with E-state index >= 15 is 0 Å². The third kappa shape index (κ3) is 5.20. The fourth-order valence-electron chi connectivity index (χ4n) is 4.10. The number of pyridine rings is 1. The number of nitrogens with zero attached hydrogens (tertiary/aromatic N) is 2. The molecule has 190 valence electrons.